The van der Waals surface area contributed by atoms with Crippen LogP contribution in [0.15, 0.2) is 0 Å². The first-order chi connectivity index (χ1) is 11.7. The molecule has 3 aliphatic rings. The summed E-state index contributed by atoms with van der Waals surface area (Å²) in [6.07, 6.45) is 5.83. The Bertz CT molecular complexity index is 676. The molecule has 8 nitrogen and oxygen atoms in total. The number of imide groups is 1. The summed E-state index contributed by atoms with van der Waals surface area (Å²) in [5, 5.41) is 0. The van der Waals surface area contributed by atoms with Crippen LogP contribution in [0.2, 0.25) is 0 Å². The third-order valence-electron chi connectivity index (χ3n) is 5.65. The molecule has 0 atom stereocenters. The quantitative estimate of drug-likeness (QED) is 0.640. The Morgan fingerprint density at radius 2 is 1.64 bits per heavy atom. The summed E-state index contributed by atoms with van der Waals surface area (Å²) in [4.78, 5) is 40.2. The van der Waals surface area contributed by atoms with Crippen molar-refractivity contribution in [3.63, 3.8) is 0 Å². The van der Waals surface area contributed by atoms with Crippen LogP contribution in [0.5, 0.6) is 0 Å². The first-order valence-corrected chi connectivity index (χ1v) is 10.7. The van der Waals surface area contributed by atoms with Gasteiger partial charge < -0.3 is 4.90 Å². The van der Waals surface area contributed by atoms with Gasteiger partial charge in [0.2, 0.25) is 27.7 Å². The Balaban J connectivity index is 1.60. The lowest BCUT2D eigenvalue weighted by Crippen LogP contribution is -2.53. The summed E-state index contributed by atoms with van der Waals surface area (Å²) in [7, 11) is -3.26. The van der Waals surface area contributed by atoms with Gasteiger partial charge in [0.1, 0.15) is 6.54 Å². The maximum Gasteiger partial charge on any atom is 0.242 e. The Morgan fingerprint density at radius 1 is 1.04 bits per heavy atom. The van der Waals surface area contributed by atoms with Crippen LogP contribution in [-0.2, 0) is 24.4 Å². The van der Waals surface area contributed by atoms with Crippen molar-refractivity contribution in [3.8, 4) is 0 Å². The topological polar surface area (TPSA) is 95.1 Å². The van der Waals surface area contributed by atoms with Gasteiger partial charge in [0, 0.05) is 32.6 Å². The summed E-state index contributed by atoms with van der Waals surface area (Å²) in [5.41, 5.74) is -0.579. The Hall–Kier alpha value is -1.48. The SMILES string of the molecule is CS(=O)(=O)N1CCN(C(=O)CN2C(=O)CC3(CCCCC3)C2=O)CC1. The molecule has 2 aliphatic heterocycles. The molecule has 140 valence electrons. The minimum absolute atomic E-state index is 0.194. The van der Waals surface area contributed by atoms with Gasteiger partial charge in [0.05, 0.1) is 11.7 Å². The average molecular weight is 371 g/mol. The molecule has 0 aromatic carbocycles. The van der Waals surface area contributed by atoms with Crippen LogP contribution in [0.3, 0.4) is 0 Å². The molecule has 3 amide bonds. The van der Waals surface area contributed by atoms with Crippen LogP contribution in [-0.4, -0.2) is 79.2 Å². The number of likely N-dealkylation sites (tertiary alicyclic amines) is 1. The molecule has 2 heterocycles. The van der Waals surface area contributed by atoms with Crippen molar-refractivity contribution < 1.29 is 22.8 Å². The molecule has 0 radical (unpaired) electrons. The average Bonchev–Trinajstić information content (AvgIpc) is 2.79. The highest BCUT2D eigenvalue weighted by atomic mass is 32.2. The second-order valence-electron chi connectivity index (χ2n) is 7.35. The molecule has 0 aromatic rings. The van der Waals surface area contributed by atoms with E-state index in [1.165, 1.54) is 9.21 Å². The van der Waals surface area contributed by atoms with E-state index in [1.54, 1.807) is 0 Å². The van der Waals surface area contributed by atoms with E-state index in [2.05, 4.69) is 0 Å². The molecular weight excluding hydrogens is 346 g/mol. The summed E-state index contributed by atoms with van der Waals surface area (Å²) in [6.45, 7) is 0.839. The van der Waals surface area contributed by atoms with Gasteiger partial charge in [-0.25, -0.2) is 8.42 Å². The van der Waals surface area contributed by atoms with E-state index in [9.17, 15) is 22.8 Å². The number of sulfonamides is 1. The third-order valence-corrected chi connectivity index (χ3v) is 6.96. The fourth-order valence-electron chi connectivity index (χ4n) is 4.14. The van der Waals surface area contributed by atoms with E-state index in [0.717, 1.165) is 43.3 Å². The number of carbonyl (C=O) groups excluding carboxylic acids is 3. The van der Waals surface area contributed by atoms with Crippen molar-refractivity contribution in [2.24, 2.45) is 5.41 Å². The Morgan fingerprint density at radius 3 is 2.20 bits per heavy atom. The van der Waals surface area contributed by atoms with Crippen molar-refractivity contribution in [1.82, 2.24) is 14.1 Å². The van der Waals surface area contributed by atoms with Crippen molar-refractivity contribution in [3.05, 3.63) is 0 Å². The number of hydrogen-bond acceptors (Lipinski definition) is 5. The molecule has 0 unspecified atom stereocenters. The van der Waals surface area contributed by atoms with E-state index in [-0.39, 0.29) is 56.9 Å². The lowest BCUT2D eigenvalue weighted by Gasteiger charge is -2.34. The van der Waals surface area contributed by atoms with Gasteiger partial charge in [0.25, 0.3) is 0 Å². The van der Waals surface area contributed by atoms with Crippen molar-refractivity contribution >= 4 is 27.7 Å². The normalized spacial score (nSPS) is 25.0. The number of rotatable bonds is 3. The van der Waals surface area contributed by atoms with Crippen LogP contribution in [0.1, 0.15) is 38.5 Å². The fraction of sp³-hybridized carbons (Fsp3) is 0.812. The molecule has 3 fully saturated rings. The Kier molecular flexibility index (Phi) is 4.89. The van der Waals surface area contributed by atoms with Crippen molar-refractivity contribution in [1.29, 1.82) is 0 Å². The molecule has 25 heavy (non-hydrogen) atoms. The van der Waals surface area contributed by atoms with Crippen LogP contribution in [0.25, 0.3) is 0 Å². The lowest BCUT2D eigenvalue weighted by molar-refractivity contribution is -0.148. The first-order valence-electron chi connectivity index (χ1n) is 8.81. The Labute approximate surface area is 148 Å². The lowest BCUT2D eigenvalue weighted by atomic mass is 9.73. The largest absolute Gasteiger partial charge is 0.338 e. The van der Waals surface area contributed by atoms with Gasteiger partial charge >= 0.3 is 0 Å². The third kappa shape index (κ3) is 3.57. The molecule has 2 saturated heterocycles. The summed E-state index contributed by atoms with van der Waals surface area (Å²) in [6, 6.07) is 0. The zero-order chi connectivity index (χ0) is 18.2. The van der Waals surface area contributed by atoms with E-state index < -0.39 is 15.4 Å². The number of carbonyl (C=O) groups is 3. The van der Waals surface area contributed by atoms with Gasteiger partial charge in [-0.3, -0.25) is 19.3 Å². The minimum Gasteiger partial charge on any atom is -0.338 e. The van der Waals surface area contributed by atoms with E-state index in [4.69, 9.17) is 0 Å². The van der Waals surface area contributed by atoms with Crippen LogP contribution in [0.4, 0.5) is 0 Å². The minimum atomic E-state index is -3.26. The highest BCUT2D eigenvalue weighted by Gasteiger charge is 2.52. The van der Waals surface area contributed by atoms with E-state index in [1.807, 2.05) is 0 Å². The maximum atomic E-state index is 12.7. The number of nitrogens with zero attached hydrogens (tertiary/aromatic N) is 3. The summed E-state index contributed by atoms with van der Waals surface area (Å²) >= 11 is 0. The van der Waals surface area contributed by atoms with E-state index in [0.29, 0.717) is 0 Å². The molecule has 9 heteroatoms. The second kappa shape index (κ2) is 6.68. The maximum absolute atomic E-state index is 12.7. The number of piperazine rings is 1. The molecule has 3 rings (SSSR count). The summed E-state index contributed by atoms with van der Waals surface area (Å²) in [5.74, 6) is -0.738. The standard InChI is InChI=1S/C16H25N3O5S/c1-25(23,24)18-9-7-17(8-10-18)14(21)12-19-13(20)11-16(15(19)22)5-3-2-4-6-16/h2-12H2,1H3. The molecule has 0 N–H and O–H groups in total. The van der Waals surface area contributed by atoms with Gasteiger partial charge in [-0.2, -0.15) is 4.31 Å². The van der Waals surface area contributed by atoms with Crippen molar-refractivity contribution in [2.45, 2.75) is 38.5 Å². The van der Waals surface area contributed by atoms with Gasteiger partial charge in [-0.15, -0.1) is 0 Å². The number of hydrogen-bond donors (Lipinski definition) is 0. The van der Waals surface area contributed by atoms with E-state index >= 15 is 0 Å². The molecular formula is C16H25N3O5S. The molecule has 1 aliphatic carbocycles. The van der Waals surface area contributed by atoms with Crippen LogP contribution >= 0.6 is 0 Å². The van der Waals surface area contributed by atoms with Gasteiger partial charge in [-0.1, -0.05) is 19.3 Å². The number of amides is 3. The van der Waals surface area contributed by atoms with Gasteiger partial charge in [0.15, 0.2) is 0 Å². The molecule has 1 spiro atoms. The second-order valence-corrected chi connectivity index (χ2v) is 9.33. The first kappa shape index (κ1) is 18.3. The van der Waals surface area contributed by atoms with Crippen LogP contribution < -0.4 is 0 Å². The molecule has 1 saturated carbocycles. The highest BCUT2D eigenvalue weighted by Crippen LogP contribution is 2.45. The smallest absolute Gasteiger partial charge is 0.242 e. The predicted molar refractivity (Wildman–Crippen MR) is 89.9 cm³/mol. The van der Waals surface area contributed by atoms with Crippen molar-refractivity contribution in [2.75, 3.05) is 39.0 Å². The van der Waals surface area contributed by atoms with Gasteiger partial charge in [-0.05, 0) is 12.8 Å². The summed E-state index contributed by atoms with van der Waals surface area (Å²) < 4.78 is 24.4. The fourth-order valence-corrected chi connectivity index (χ4v) is 4.97. The highest BCUT2D eigenvalue weighted by molar-refractivity contribution is 7.88. The predicted octanol–water partition coefficient (Wildman–Crippen LogP) is -0.200. The molecule has 0 bridgehead atoms. The zero-order valence-electron chi connectivity index (χ0n) is 14.6. The molecule has 0 aromatic heterocycles. The van der Waals surface area contributed by atoms with Crippen LogP contribution in [0, 0.1) is 5.41 Å². The monoisotopic (exact) mass is 371 g/mol. The zero-order valence-corrected chi connectivity index (χ0v) is 15.4.